The van der Waals surface area contributed by atoms with E-state index in [0.29, 0.717) is 19.3 Å². The Hall–Kier alpha value is -2.04. The van der Waals surface area contributed by atoms with Gasteiger partial charge in [0.15, 0.2) is 11.5 Å². The Bertz CT molecular complexity index is 625. The van der Waals surface area contributed by atoms with Crippen molar-refractivity contribution in [1.29, 1.82) is 0 Å². The van der Waals surface area contributed by atoms with Crippen LogP contribution in [0.5, 0.6) is 0 Å². The third-order valence-corrected chi connectivity index (χ3v) is 4.55. The average Bonchev–Trinajstić information content (AvgIpc) is 2.53. The summed E-state index contributed by atoms with van der Waals surface area (Å²) in [5, 5.41) is 13.3. The first kappa shape index (κ1) is 17.3. The number of ketones is 2. The number of hydrogen-bond acceptors (Lipinski definition) is 5. The van der Waals surface area contributed by atoms with Gasteiger partial charge in [0.05, 0.1) is 5.57 Å². The van der Waals surface area contributed by atoms with Gasteiger partial charge in [-0.05, 0) is 44.2 Å². The second-order valence-electron chi connectivity index (χ2n) is 6.31. The highest BCUT2D eigenvalue weighted by atomic mass is 16.3. The van der Waals surface area contributed by atoms with Gasteiger partial charge in [0.2, 0.25) is 11.6 Å². The van der Waals surface area contributed by atoms with Crippen molar-refractivity contribution in [1.82, 2.24) is 0 Å². The van der Waals surface area contributed by atoms with E-state index in [4.69, 9.17) is 0 Å². The summed E-state index contributed by atoms with van der Waals surface area (Å²) in [5.74, 6) is -2.07. The molecule has 2 rings (SSSR count). The molecule has 0 amide bonds. The molecule has 5 heteroatoms. The summed E-state index contributed by atoms with van der Waals surface area (Å²) >= 11 is 0. The number of aliphatic hydroxyl groups is 1. The quantitative estimate of drug-likeness (QED) is 0.260. The Morgan fingerprint density at radius 2 is 2.00 bits per heavy atom. The molecular formula is C18H23NO4. The standard InChI is InChI=1S/C18H23NO4/c1-3-4-5-9-13-15(19-23)17(21)14(18(22)16(13)20)12-8-6-7-11(2)10-12/h10,12,21H,3-9H2,1-2H3/t12-/m0/s1. The van der Waals surface area contributed by atoms with Crippen molar-refractivity contribution in [3.8, 4) is 0 Å². The van der Waals surface area contributed by atoms with Gasteiger partial charge < -0.3 is 5.11 Å². The van der Waals surface area contributed by atoms with Crippen molar-refractivity contribution in [2.75, 3.05) is 0 Å². The molecule has 5 nitrogen and oxygen atoms in total. The third-order valence-electron chi connectivity index (χ3n) is 4.55. The van der Waals surface area contributed by atoms with Gasteiger partial charge in [0, 0.05) is 11.5 Å². The van der Waals surface area contributed by atoms with Crippen molar-refractivity contribution in [3.63, 3.8) is 0 Å². The monoisotopic (exact) mass is 317 g/mol. The predicted molar refractivity (Wildman–Crippen MR) is 87.7 cm³/mol. The number of carbonyl (C=O) groups is 2. The molecule has 0 aromatic rings. The predicted octanol–water partition coefficient (Wildman–Crippen LogP) is 4.30. The van der Waals surface area contributed by atoms with E-state index in [1.54, 1.807) is 0 Å². The zero-order valence-electron chi connectivity index (χ0n) is 13.7. The van der Waals surface area contributed by atoms with Crippen LogP contribution < -0.4 is 0 Å². The largest absolute Gasteiger partial charge is 0.505 e. The van der Waals surface area contributed by atoms with Crippen LogP contribution in [-0.4, -0.2) is 16.7 Å². The highest BCUT2D eigenvalue weighted by Crippen LogP contribution is 2.36. The molecule has 0 bridgehead atoms. The highest BCUT2D eigenvalue weighted by Gasteiger charge is 2.38. The van der Waals surface area contributed by atoms with E-state index >= 15 is 0 Å². The van der Waals surface area contributed by atoms with Gasteiger partial charge in [-0.25, -0.2) is 0 Å². The molecule has 0 heterocycles. The lowest BCUT2D eigenvalue weighted by Crippen LogP contribution is -2.30. The maximum absolute atomic E-state index is 12.5. The normalized spacial score (nSPS) is 22.5. The zero-order valence-corrected chi connectivity index (χ0v) is 13.7. The first-order chi connectivity index (χ1) is 11.0. The average molecular weight is 317 g/mol. The molecule has 2 aliphatic carbocycles. The lowest BCUT2D eigenvalue weighted by atomic mass is 9.78. The molecule has 0 aromatic carbocycles. The summed E-state index contributed by atoms with van der Waals surface area (Å²) in [7, 11) is 0. The number of Topliss-reactive ketones (excluding diaryl/α,β-unsaturated/α-hetero) is 2. The summed E-state index contributed by atoms with van der Waals surface area (Å²) < 4.78 is 0. The van der Waals surface area contributed by atoms with Crippen LogP contribution in [-0.2, 0) is 9.59 Å². The minimum atomic E-state index is -0.683. The Balaban J connectivity index is 2.44. The lowest BCUT2D eigenvalue weighted by Gasteiger charge is -2.25. The van der Waals surface area contributed by atoms with Crippen molar-refractivity contribution in [3.05, 3.63) is 39.2 Å². The Morgan fingerprint density at radius 3 is 2.61 bits per heavy atom. The number of rotatable bonds is 6. The van der Waals surface area contributed by atoms with Crippen molar-refractivity contribution in [2.45, 2.75) is 58.8 Å². The molecule has 0 fully saturated rings. The number of carbonyl (C=O) groups excluding carboxylic acids is 2. The number of nitrogens with zero attached hydrogens (tertiary/aromatic N) is 1. The molecule has 0 unspecified atom stereocenters. The van der Waals surface area contributed by atoms with Crippen LogP contribution in [0, 0.1) is 10.8 Å². The fraction of sp³-hybridized carbons (Fsp3) is 0.556. The molecular weight excluding hydrogens is 294 g/mol. The smallest absolute Gasteiger partial charge is 0.233 e. The summed E-state index contributed by atoms with van der Waals surface area (Å²) in [6.45, 7) is 3.98. The van der Waals surface area contributed by atoms with Gasteiger partial charge in [-0.15, -0.1) is 4.91 Å². The fourth-order valence-electron chi connectivity index (χ4n) is 3.31. The SMILES string of the molecule is CCCCCC1=C(N=O)C(O)=C([C@@H]2C=C(C)CCC2)C(=O)C1=O. The van der Waals surface area contributed by atoms with Gasteiger partial charge in [0.25, 0.3) is 0 Å². The third kappa shape index (κ3) is 3.49. The van der Waals surface area contributed by atoms with Crippen LogP contribution in [0.1, 0.15) is 58.8 Å². The van der Waals surface area contributed by atoms with Crippen LogP contribution in [0.4, 0.5) is 0 Å². The van der Waals surface area contributed by atoms with E-state index in [2.05, 4.69) is 5.18 Å². The Labute approximate surface area is 136 Å². The van der Waals surface area contributed by atoms with Crippen LogP contribution in [0.25, 0.3) is 0 Å². The Morgan fingerprint density at radius 1 is 1.26 bits per heavy atom. The summed E-state index contributed by atoms with van der Waals surface area (Å²) in [5.41, 5.74) is 0.997. The maximum atomic E-state index is 12.5. The lowest BCUT2D eigenvalue weighted by molar-refractivity contribution is -0.132. The molecule has 0 spiro atoms. The van der Waals surface area contributed by atoms with Gasteiger partial charge in [-0.2, -0.15) is 0 Å². The van der Waals surface area contributed by atoms with E-state index in [1.165, 1.54) is 0 Å². The molecule has 1 N–H and O–H groups in total. The molecule has 1 atom stereocenters. The maximum Gasteiger partial charge on any atom is 0.233 e. The molecule has 2 aliphatic rings. The van der Waals surface area contributed by atoms with E-state index in [0.717, 1.165) is 31.3 Å². The second-order valence-corrected chi connectivity index (χ2v) is 6.31. The number of hydrogen-bond donors (Lipinski definition) is 1. The fourth-order valence-corrected chi connectivity index (χ4v) is 3.31. The van der Waals surface area contributed by atoms with Gasteiger partial charge in [-0.1, -0.05) is 31.4 Å². The summed E-state index contributed by atoms with van der Waals surface area (Å²) in [4.78, 5) is 36.0. The van der Waals surface area contributed by atoms with Crippen LogP contribution >= 0.6 is 0 Å². The molecule has 23 heavy (non-hydrogen) atoms. The van der Waals surface area contributed by atoms with Crippen molar-refractivity contribution < 1.29 is 14.7 Å². The van der Waals surface area contributed by atoms with Crippen LogP contribution in [0.15, 0.2) is 39.4 Å². The van der Waals surface area contributed by atoms with Gasteiger partial charge in [0.1, 0.15) is 0 Å². The zero-order chi connectivity index (χ0) is 17.0. The molecule has 0 radical (unpaired) electrons. The first-order valence-corrected chi connectivity index (χ1v) is 8.27. The Kier molecular flexibility index (Phi) is 5.64. The van der Waals surface area contributed by atoms with Gasteiger partial charge in [-0.3, -0.25) is 9.59 Å². The van der Waals surface area contributed by atoms with E-state index in [1.807, 2.05) is 19.9 Å². The van der Waals surface area contributed by atoms with Crippen molar-refractivity contribution >= 4 is 11.6 Å². The van der Waals surface area contributed by atoms with Gasteiger partial charge >= 0.3 is 0 Å². The summed E-state index contributed by atoms with van der Waals surface area (Å²) in [6.07, 6.45) is 7.27. The number of nitroso groups, excluding NO2 is 1. The molecule has 0 saturated heterocycles. The second kappa shape index (κ2) is 7.49. The van der Waals surface area contributed by atoms with Crippen molar-refractivity contribution in [2.24, 2.45) is 11.1 Å². The topological polar surface area (TPSA) is 83.8 Å². The van der Waals surface area contributed by atoms with E-state index in [9.17, 15) is 19.6 Å². The summed E-state index contributed by atoms with van der Waals surface area (Å²) in [6, 6.07) is 0. The van der Waals surface area contributed by atoms with E-state index < -0.39 is 17.3 Å². The molecule has 124 valence electrons. The van der Waals surface area contributed by atoms with Crippen LogP contribution in [0.2, 0.25) is 0 Å². The molecule has 0 aromatic heterocycles. The molecule has 0 aliphatic heterocycles. The van der Waals surface area contributed by atoms with Crippen LogP contribution in [0.3, 0.4) is 0 Å². The van der Waals surface area contributed by atoms with E-state index in [-0.39, 0.29) is 22.8 Å². The highest BCUT2D eigenvalue weighted by molar-refractivity contribution is 6.50. The first-order valence-electron chi connectivity index (χ1n) is 8.27. The minimum Gasteiger partial charge on any atom is -0.505 e. The number of allylic oxidation sites excluding steroid dienone is 4. The molecule has 0 saturated carbocycles. The number of aliphatic hydroxyl groups excluding tert-OH is 1. The number of unbranched alkanes of at least 4 members (excludes halogenated alkanes) is 2. The minimum absolute atomic E-state index is 0.0443.